The average Bonchev–Trinajstić information content (AvgIpc) is 2.44. The molecule has 12 heavy (non-hydrogen) atoms. The van der Waals surface area contributed by atoms with E-state index < -0.39 is 0 Å². The van der Waals surface area contributed by atoms with Gasteiger partial charge in [-0.1, -0.05) is 0 Å². The van der Waals surface area contributed by atoms with Gasteiger partial charge in [0.1, 0.15) is 17.7 Å². The maximum absolute atomic E-state index is 8.74. The molecule has 2 heterocycles. The van der Waals surface area contributed by atoms with E-state index in [2.05, 4.69) is 20.9 Å². The van der Waals surface area contributed by atoms with E-state index in [4.69, 9.17) is 5.26 Å². The fraction of sp³-hybridized carbons (Fsp3) is 0.500. The lowest BCUT2D eigenvalue weighted by Gasteiger charge is -2.17. The van der Waals surface area contributed by atoms with E-state index in [1.54, 1.807) is 0 Å². The van der Waals surface area contributed by atoms with Crippen LogP contribution in [0.4, 0.5) is 5.82 Å². The standard InChI is InChI=1S/C8H10N4/c1-6-11-7(5-9)8-10-3-2-4-12(6)8/h10H,2-4H2,1H3. The maximum atomic E-state index is 8.74. The Labute approximate surface area is 70.8 Å². The zero-order valence-corrected chi connectivity index (χ0v) is 6.96. The van der Waals surface area contributed by atoms with Crippen LogP contribution in [0.3, 0.4) is 0 Å². The zero-order valence-electron chi connectivity index (χ0n) is 6.96. The second-order valence-corrected chi connectivity index (χ2v) is 2.90. The minimum absolute atomic E-state index is 0.521. The van der Waals surface area contributed by atoms with Gasteiger partial charge in [0, 0.05) is 13.1 Å². The summed E-state index contributed by atoms with van der Waals surface area (Å²) in [6, 6.07) is 2.08. The van der Waals surface area contributed by atoms with Crippen LogP contribution in [0.1, 0.15) is 17.9 Å². The molecule has 1 aromatic heterocycles. The number of nitrogens with one attached hydrogen (secondary N) is 1. The van der Waals surface area contributed by atoms with Crippen molar-refractivity contribution in [1.29, 1.82) is 5.26 Å². The van der Waals surface area contributed by atoms with E-state index in [1.165, 1.54) is 0 Å². The lowest BCUT2D eigenvalue weighted by atomic mass is 10.3. The van der Waals surface area contributed by atoms with Crippen molar-refractivity contribution in [1.82, 2.24) is 9.55 Å². The quantitative estimate of drug-likeness (QED) is 0.616. The number of aromatic nitrogens is 2. The number of imidazole rings is 1. The summed E-state index contributed by atoms with van der Waals surface area (Å²) in [5, 5.41) is 11.9. The number of rotatable bonds is 0. The van der Waals surface area contributed by atoms with Gasteiger partial charge in [-0.05, 0) is 13.3 Å². The van der Waals surface area contributed by atoms with E-state index in [1.807, 2.05) is 6.92 Å². The van der Waals surface area contributed by atoms with Gasteiger partial charge >= 0.3 is 0 Å². The Hall–Kier alpha value is -1.50. The lowest BCUT2D eigenvalue weighted by molar-refractivity contribution is 0.614. The molecule has 0 saturated heterocycles. The number of anilines is 1. The van der Waals surface area contributed by atoms with Crippen LogP contribution >= 0.6 is 0 Å². The minimum atomic E-state index is 0.521. The largest absolute Gasteiger partial charge is 0.369 e. The van der Waals surface area contributed by atoms with Crippen molar-refractivity contribution in [2.45, 2.75) is 19.9 Å². The van der Waals surface area contributed by atoms with Crippen LogP contribution in [0.15, 0.2) is 0 Å². The van der Waals surface area contributed by atoms with E-state index >= 15 is 0 Å². The molecule has 1 aliphatic rings. The third-order valence-electron chi connectivity index (χ3n) is 2.12. The molecule has 0 aliphatic carbocycles. The molecule has 0 radical (unpaired) electrons. The molecule has 0 saturated carbocycles. The van der Waals surface area contributed by atoms with Crippen molar-refractivity contribution in [2.24, 2.45) is 0 Å². The van der Waals surface area contributed by atoms with Gasteiger partial charge < -0.3 is 9.88 Å². The van der Waals surface area contributed by atoms with Crippen LogP contribution in [0, 0.1) is 18.3 Å². The highest BCUT2D eigenvalue weighted by atomic mass is 15.2. The summed E-state index contributed by atoms with van der Waals surface area (Å²) in [5.74, 6) is 1.81. The summed E-state index contributed by atoms with van der Waals surface area (Å²) < 4.78 is 2.06. The second kappa shape index (κ2) is 2.52. The van der Waals surface area contributed by atoms with Gasteiger partial charge in [-0.25, -0.2) is 4.98 Å². The Morgan fingerprint density at radius 2 is 2.50 bits per heavy atom. The van der Waals surface area contributed by atoms with Crippen LogP contribution < -0.4 is 5.32 Å². The molecule has 1 aliphatic heterocycles. The van der Waals surface area contributed by atoms with E-state index in [-0.39, 0.29) is 0 Å². The molecule has 0 amide bonds. The molecule has 0 fully saturated rings. The van der Waals surface area contributed by atoms with Crippen molar-refractivity contribution in [2.75, 3.05) is 11.9 Å². The Balaban J connectivity index is 2.56. The summed E-state index contributed by atoms with van der Waals surface area (Å²) in [7, 11) is 0. The summed E-state index contributed by atoms with van der Waals surface area (Å²) >= 11 is 0. The van der Waals surface area contributed by atoms with Crippen LogP contribution in [-0.4, -0.2) is 16.1 Å². The molecule has 4 heteroatoms. The van der Waals surface area contributed by atoms with Crippen LogP contribution in [-0.2, 0) is 6.54 Å². The number of hydrogen-bond donors (Lipinski definition) is 1. The van der Waals surface area contributed by atoms with Crippen molar-refractivity contribution in [3.05, 3.63) is 11.5 Å². The first-order valence-electron chi connectivity index (χ1n) is 4.04. The molecule has 0 aromatic carbocycles. The number of nitriles is 1. The monoisotopic (exact) mass is 162 g/mol. The number of fused-ring (bicyclic) bond motifs is 1. The Bertz CT molecular complexity index is 345. The van der Waals surface area contributed by atoms with Crippen LogP contribution in [0.2, 0.25) is 0 Å². The number of hydrogen-bond acceptors (Lipinski definition) is 3. The van der Waals surface area contributed by atoms with Crippen molar-refractivity contribution < 1.29 is 0 Å². The maximum Gasteiger partial charge on any atom is 0.182 e. The van der Waals surface area contributed by atoms with E-state index in [0.717, 1.165) is 31.2 Å². The average molecular weight is 162 g/mol. The predicted octanol–water partition coefficient (Wildman–Crippen LogP) is 0.879. The molecule has 0 unspecified atom stereocenters. The fourth-order valence-corrected chi connectivity index (χ4v) is 1.54. The van der Waals surface area contributed by atoms with Crippen LogP contribution in [0.25, 0.3) is 0 Å². The summed E-state index contributed by atoms with van der Waals surface area (Å²) in [6.07, 6.45) is 1.11. The van der Waals surface area contributed by atoms with Crippen LogP contribution in [0.5, 0.6) is 0 Å². The third kappa shape index (κ3) is 0.866. The van der Waals surface area contributed by atoms with Crippen molar-refractivity contribution in [3.63, 3.8) is 0 Å². The molecule has 62 valence electrons. The topological polar surface area (TPSA) is 53.6 Å². The summed E-state index contributed by atoms with van der Waals surface area (Å²) in [6.45, 7) is 3.85. The first-order chi connectivity index (χ1) is 5.83. The highest BCUT2D eigenvalue weighted by Gasteiger charge is 2.16. The molecule has 2 rings (SSSR count). The molecular weight excluding hydrogens is 152 g/mol. The normalized spacial score (nSPS) is 14.7. The third-order valence-corrected chi connectivity index (χ3v) is 2.12. The van der Waals surface area contributed by atoms with Gasteiger partial charge in [0.25, 0.3) is 0 Å². The van der Waals surface area contributed by atoms with E-state index in [9.17, 15) is 0 Å². The SMILES string of the molecule is Cc1nc(C#N)c2n1CCCN2. The molecule has 0 bridgehead atoms. The second-order valence-electron chi connectivity index (χ2n) is 2.90. The summed E-state index contributed by atoms with van der Waals surface area (Å²) in [5.41, 5.74) is 0.521. The zero-order chi connectivity index (χ0) is 8.55. The molecule has 0 spiro atoms. The van der Waals surface area contributed by atoms with Crippen molar-refractivity contribution in [3.8, 4) is 6.07 Å². The number of nitrogens with zero attached hydrogens (tertiary/aromatic N) is 3. The van der Waals surface area contributed by atoms with Gasteiger partial charge in [-0.3, -0.25) is 0 Å². The Morgan fingerprint density at radius 1 is 1.67 bits per heavy atom. The van der Waals surface area contributed by atoms with Gasteiger partial charge in [0.15, 0.2) is 5.69 Å². The molecular formula is C8H10N4. The minimum Gasteiger partial charge on any atom is -0.369 e. The highest BCUT2D eigenvalue weighted by Crippen LogP contribution is 2.20. The molecule has 4 nitrogen and oxygen atoms in total. The summed E-state index contributed by atoms with van der Waals surface area (Å²) in [4.78, 5) is 4.15. The van der Waals surface area contributed by atoms with Gasteiger partial charge in [0.2, 0.25) is 0 Å². The number of aryl methyl sites for hydroxylation is 1. The fourth-order valence-electron chi connectivity index (χ4n) is 1.54. The van der Waals surface area contributed by atoms with Gasteiger partial charge in [-0.2, -0.15) is 5.26 Å². The first kappa shape index (κ1) is 7.17. The Morgan fingerprint density at radius 3 is 3.25 bits per heavy atom. The molecule has 0 atom stereocenters. The van der Waals surface area contributed by atoms with Gasteiger partial charge in [-0.15, -0.1) is 0 Å². The van der Waals surface area contributed by atoms with Crippen molar-refractivity contribution >= 4 is 5.82 Å². The highest BCUT2D eigenvalue weighted by molar-refractivity contribution is 5.51. The van der Waals surface area contributed by atoms with E-state index in [0.29, 0.717) is 5.69 Å². The predicted molar refractivity (Wildman–Crippen MR) is 44.8 cm³/mol. The first-order valence-corrected chi connectivity index (χ1v) is 4.04. The smallest absolute Gasteiger partial charge is 0.182 e. The van der Waals surface area contributed by atoms with Gasteiger partial charge in [0.05, 0.1) is 0 Å². The molecule has 1 N–H and O–H groups in total. The molecule has 1 aromatic rings. The Kier molecular flexibility index (Phi) is 1.51. The lowest BCUT2D eigenvalue weighted by Crippen LogP contribution is -2.17.